The number of aliphatic carboxylic acids is 3. The molecule has 10 heteroatoms. The first-order valence-electron chi connectivity index (χ1n) is 8.72. The molecule has 1 aromatic rings. The minimum Gasteiger partial charge on any atom is -0.481 e. The second kappa shape index (κ2) is 7.33. The van der Waals surface area contributed by atoms with Crippen LogP contribution in [0, 0.1) is 31.6 Å². The summed E-state index contributed by atoms with van der Waals surface area (Å²) >= 11 is 0. The van der Waals surface area contributed by atoms with Gasteiger partial charge in [0.05, 0.1) is 10.8 Å². The van der Waals surface area contributed by atoms with Crippen LogP contribution in [-0.2, 0) is 20.9 Å². The summed E-state index contributed by atoms with van der Waals surface area (Å²) in [5.74, 6) is -4.71. The molecule has 2 fully saturated rings. The summed E-state index contributed by atoms with van der Waals surface area (Å²) in [7, 11) is 0. The molecule has 0 bridgehead atoms. The van der Waals surface area contributed by atoms with Crippen molar-refractivity contribution in [2.75, 3.05) is 13.1 Å². The van der Waals surface area contributed by atoms with Gasteiger partial charge >= 0.3 is 24.1 Å². The van der Waals surface area contributed by atoms with Crippen LogP contribution in [0.1, 0.15) is 28.7 Å². The van der Waals surface area contributed by atoms with Gasteiger partial charge in [-0.25, -0.2) is 4.79 Å². The van der Waals surface area contributed by atoms with Crippen molar-refractivity contribution in [2.24, 2.45) is 10.8 Å². The van der Waals surface area contributed by atoms with Crippen LogP contribution in [0.3, 0.4) is 0 Å². The zero-order valence-corrected chi connectivity index (χ0v) is 16.1. The molecule has 3 rings (SSSR count). The van der Waals surface area contributed by atoms with Gasteiger partial charge in [-0.3, -0.25) is 14.5 Å². The third kappa shape index (κ3) is 4.07. The van der Waals surface area contributed by atoms with E-state index in [1.807, 2.05) is 25.7 Å². The van der Waals surface area contributed by atoms with Crippen LogP contribution in [0.2, 0.25) is 0 Å². The first-order valence-corrected chi connectivity index (χ1v) is 8.72. The fourth-order valence-electron chi connectivity index (χ4n) is 4.20. The second-order valence-corrected chi connectivity index (χ2v) is 7.78. The van der Waals surface area contributed by atoms with Crippen LogP contribution in [0.15, 0.2) is 12.1 Å². The van der Waals surface area contributed by atoms with Crippen LogP contribution < -0.4 is 0 Å². The lowest BCUT2D eigenvalue weighted by molar-refractivity contribution is -0.192. The number of piperidine rings is 1. The van der Waals surface area contributed by atoms with E-state index in [1.54, 1.807) is 0 Å². The number of alkyl halides is 3. The number of likely N-dealkylation sites (tertiary alicyclic amines) is 1. The van der Waals surface area contributed by atoms with E-state index in [0.717, 1.165) is 0 Å². The maximum absolute atomic E-state index is 11.6. The summed E-state index contributed by atoms with van der Waals surface area (Å²) in [6.07, 6.45) is -4.83. The molecule has 0 unspecified atom stereocenters. The van der Waals surface area contributed by atoms with Crippen molar-refractivity contribution in [3.8, 4) is 0 Å². The summed E-state index contributed by atoms with van der Waals surface area (Å²) in [5.41, 5.74) is 2.54. The van der Waals surface area contributed by atoms with Gasteiger partial charge in [0.25, 0.3) is 0 Å². The van der Waals surface area contributed by atoms with Crippen molar-refractivity contribution in [2.45, 2.75) is 39.9 Å². The molecule has 7 nitrogen and oxygen atoms in total. The van der Waals surface area contributed by atoms with Crippen LogP contribution in [0.5, 0.6) is 0 Å². The number of rotatable bonds is 4. The number of halogens is 3. The van der Waals surface area contributed by atoms with Crippen molar-refractivity contribution in [1.82, 2.24) is 4.90 Å². The normalized spacial score (nSPS) is 25.6. The van der Waals surface area contributed by atoms with Gasteiger partial charge in [0.1, 0.15) is 0 Å². The predicted molar refractivity (Wildman–Crippen MR) is 94.4 cm³/mol. The molecule has 1 aromatic carbocycles. The second-order valence-electron chi connectivity index (χ2n) is 7.78. The average molecular weight is 417 g/mol. The van der Waals surface area contributed by atoms with E-state index in [0.29, 0.717) is 19.6 Å². The Morgan fingerprint density at radius 2 is 1.34 bits per heavy atom. The molecule has 0 aromatic heterocycles. The highest BCUT2D eigenvalue weighted by molar-refractivity contribution is 5.94. The van der Waals surface area contributed by atoms with Gasteiger partial charge < -0.3 is 15.3 Å². The lowest BCUT2D eigenvalue weighted by Crippen LogP contribution is -2.28. The van der Waals surface area contributed by atoms with Crippen molar-refractivity contribution < 1.29 is 42.9 Å². The number of hydrogen-bond acceptors (Lipinski definition) is 4. The molecule has 1 aliphatic heterocycles. The third-order valence-electron chi connectivity index (χ3n) is 5.67. The third-order valence-corrected chi connectivity index (χ3v) is 5.67. The zero-order chi connectivity index (χ0) is 22.4. The molecule has 2 aliphatic rings. The molecular formula is C19H22F3NO6. The van der Waals surface area contributed by atoms with Crippen molar-refractivity contribution in [3.05, 3.63) is 34.4 Å². The average Bonchev–Trinajstić information content (AvgIpc) is 3.10. The standard InChI is InChI=1S/C17H21NO4.C2HF3O2/c1-10-4-11(2)13(12(3)5-10)6-18-8-16(14(19)20)7-17(16,9-18)15(21)22;3-2(4,5)1(6)7/h4-5H,6-9H2,1-3H3,(H,19,20)(H,21,22);(H,6,7)/t16-,17+;. The van der Waals surface area contributed by atoms with Crippen molar-refractivity contribution >= 4 is 17.9 Å². The van der Waals surface area contributed by atoms with Gasteiger partial charge in [0.15, 0.2) is 0 Å². The Labute approximate surface area is 164 Å². The van der Waals surface area contributed by atoms with Gasteiger partial charge in [0, 0.05) is 19.6 Å². The molecule has 1 saturated carbocycles. The minimum absolute atomic E-state index is 0.257. The van der Waals surface area contributed by atoms with Gasteiger partial charge in [-0.15, -0.1) is 0 Å². The van der Waals surface area contributed by atoms with E-state index in [4.69, 9.17) is 9.90 Å². The molecule has 1 saturated heterocycles. The lowest BCUT2D eigenvalue weighted by atomic mass is 9.97. The van der Waals surface area contributed by atoms with Crippen LogP contribution in [0.4, 0.5) is 13.2 Å². The number of hydrogen-bond donors (Lipinski definition) is 3. The molecule has 3 N–H and O–H groups in total. The maximum atomic E-state index is 11.6. The highest BCUT2D eigenvalue weighted by Crippen LogP contribution is 2.68. The van der Waals surface area contributed by atoms with Gasteiger partial charge in [-0.1, -0.05) is 17.7 Å². The zero-order valence-electron chi connectivity index (χ0n) is 16.1. The summed E-state index contributed by atoms with van der Waals surface area (Å²) in [4.78, 5) is 34.0. The summed E-state index contributed by atoms with van der Waals surface area (Å²) in [6.45, 7) is 7.40. The number of carboxylic acids is 3. The predicted octanol–water partition coefficient (Wildman–Crippen LogP) is 2.61. The number of nitrogens with zero attached hydrogens (tertiary/aromatic N) is 1. The van der Waals surface area contributed by atoms with Crippen LogP contribution >= 0.6 is 0 Å². The fourth-order valence-corrected chi connectivity index (χ4v) is 4.20. The molecule has 1 aliphatic carbocycles. The monoisotopic (exact) mass is 417 g/mol. The quantitative estimate of drug-likeness (QED) is 0.690. The number of aryl methyl sites for hydroxylation is 3. The Balaban J connectivity index is 0.000000370. The highest BCUT2D eigenvalue weighted by atomic mass is 19.4. The first-order chi connectivity index (χ1) is 13.2. The van der Waals surface area contributed by atoms with E-state index < -0.39 is 34.9 Å². The Morgan fingerprint density at radius 1 is 0.966 bits per heavy atom. The molecular weight excluding hydrogens is 395 g/mol. The number of fused-ring (bicyclic) bond motifs is 1. The van der Waals surface area contributed by atoms with Crippen molar-refractivity contribution in [3.63, 3.8) is 0 Å². The van der Waals surface area contributed by atoms with Gasteiger partial charge in [0.2, 0.25) is 0 Å². The van der Waals surface area contributed by atoms with E-state index in [-0.39, 0.29) is 6.42 Å². The molecule has 0 radical (unpaired) electrons. The van der Waals surface area contributed by atoms with E-state index >= 15 is 0 Å². The van der Waals surface area contributed by atoms with Gasteiger partial charge in [-0.2, -0.15) is 13.2 Å². The van der Waals surface area contributed by atoms with Crippen molar-refractivity contribution in [1.29, 1.82) is 0 Å². The van der Waals surface area contributed by atoms with E-state index in [2.05, 4.69) is 12.1 Å². The Hall–Kier alpha value is -2.62. The SMILES string of the molecule is Cc1cc(C)c(CN2C[C@@]3(C(=O)O)C[C@@]3(C(=O)O)C2)c(C)c1.O=C(O)C(F)(F)F. The summed E-state index contributed by atoms with van der Waals surface area (Å²) in [5, 5.41) is 26.1. The molecule has 2 atom stereocenters. The molecule has 0 spiro atoms. The van der Waals surface area contributed by atoms with Crippen LogP contribution in [0.25, 0.3) is 0 Å². The molecule has 0 amide bonds. The number of carbonyl (C=O) groups is 3. The number of carboxylic acid groups (broad SMARTS) is 3. The van der Waals surface area contributed by atoms with Crippen LogP contribution in [-0.4, -0.2) is 57.4 Å². The molecule has 160 valence electrons. The topological polar surface area (TPSA) is 115 Å². The highest BCUT2D eigenvalue weighted by Gasteiger charge is 2.80. The summed E-state index contributed by atoms with van der Waals surface area (Å²) in [6, 6.07) is 4.22. The molecule has 1 heterocycles. The fraction of sp³-hybridized carbons (Fsp3) is 0.526. The van der Waals surface area contributed by atoms with Gasteiger partial charge in [-0.05, 0) is 43.9 Å². The largest absolute Gasteiger partial charge is 0.490 e. The van der Waals surface area contributed by atoms with E-state index in [9.17, 15) is 33.0 Å². The first kappa shape index (κ1) is 22.7. The Kier molecular flexibility index (Phi) is 5.73. The maximum Gasteiger partial charge on any atom is 0.490 e. The smallest absolute Gasteiger partial charge is 0.481 e. The lowest BCUT2D eigenvalue weighted by Gasteiger charge is -2.22. The Morgan fingerprint density at radius 3 is 1.66 bits per heavy atom. The Bertz CT molecular complexity index is 817. The number of benzene rings is 1. The minimum atomic E-state index is -5.08. The summed E-state index contributed by atoms with van der Waals surface area (Å²) < 4.78 is 31.7. The molecule has 29 heavy (non-hydrogen) atoms. The van der Waals surface area contributed by atoms with E-state index in [1.165, 1.54) is 22.3 Å².